The third kappa shape index (κ3) is 5.13. The minimum atomic E-state index is -1.56. The molecule has 0 amide bonds. The average Bonchev–Trinajstić information content (AvgIpc) is 2.18. The lowest BCUT2D eigenvalue weighted by Gasteiger charge is -2.05. The van der Waals surface area contributed by atoms with Crippen molar-refractivity contribution in [3.05, 3.63) is 35.9 Å². The summed E-state index contributed by atoms with van der Waals surface area (Å²) in [6.07, 6.45) is 0. The summed E-state index contributed by atoms with van der Waals surface area (Å²) in [5, 5.41) is 0. The normalized spacial score (nSPS) is 10.8. The van der Waals surface area contributed by atoms with Crippen LogP contribution in [-0.2, 0) is 15.8 Å². The van der Waals surface area contributed by atoms with Gasteiger partial charge in [0.05, 0.1) is 19.8 Å². The molecule has 0 aliphatic heterocycles. The number of ether oxygens (including phenoxy) is 1. The van der Waals surface area contributed by atoms with Crippen LogP contribution < -0.4 is 0 Å². The quantitative estimate of drug-likeness (QED) is 0.570. The molecule has 1 N–H and O–H groups in total. The summed E-state index contributed by atoms with van der Waals surface area (Å²) >= 11 is 0. The van der Waals surface area contributed by atoms with Gasteiger partial charge in [-0.1, -0.05) is 30.3 Å². The summed E-state index contributed by atoms with van der Waals surface area (Å²) in [5.41, 5.74) is 1.15. The largest absolute Gasteiger partial charge is 0.410 e. The third-order valence-corrected chi connectivity index (χ3v) is 2.27. The minimum Gasteiger partial charge on any atom is -0.410 e. The van der Waals surface area contributed by atoms with Crippen LogP contribution >= 0.6 is 0 Å². The molecule has 0 aromatic heterocycles. The first-order chi connectivity index (χ1) is 6.79. The van der Waals surface area contributed by atoms with Gasteiger partial charge in [0.2, 0.25) is 0 Å². The summed E-state index contributed by atoms with van der Waals surface area (Å²) in [4.78, 5) is 8.89. The first kappa shape index (κ1) is 11.4. The molecule has 0 unspecified atom stereocenters. The van der Waals surface area contributed by atoms with E-state index in [1.165, 1.54) is 0 Å². The Labute approximate surface area is 86.1 Å². The van der Waals surface area contributed by atoms with Gasteiger partial charge < -0.3 is 14.0 Å². The van der Waals surface area contributed by atoms with Crippen LogP contribution in [0.15, 0.2) is 30.3 Å². The number of rotatable bonds is 6. The van der Waals surface area contributed by atoms with Crippen LogP contribution in [0, 0.1) is 0 Å². The van der Waals surface area contributed by atoms with E-state index < -0.39 is 9.28 Å². The van der Waals surface area contributed by atoms with Gasteiger partial charge in [0.25, 0.3) is 0 Å². The first-order valence-electron chi connectivity index (χ1n) is 4.56. The maximum atomic E-state index is 8.89. The Morgan fingerprint density at radius 1 is 1.21 bits per heavy atom. The van der Waals surface area contributed by atoms with Gasteiger partial charge in [-0.3, -0.25) is 0 Å². The van der Waals surface area contributed by atoms with E-state index in [4.69, 9.17) is 14.0 Å². The SMILES string of the molecule is C[Si](O)OCCOCc1ccccc1. The van der Waals surface area contributed by atoms with Crippen molar-refractivity contribution < 1.29 is 14.0 Å². The topological polar surface area (TPSA) is 38.7 Å². The molecule has 0 bridgehead atoms. The molecule has 0 aliphatic carbocycles. The number of benzene rings is 1. The highest BCUT2D eigenvalue weighted by molar-refractivity contribution is 6.40. The van der Waals surface area contributed by atoms with E-state index in [0.29, 0.717) is 19.8 Å². The molecule has 4 heteroatoms. The molecular weight excluding hydrogens is 196 g/mol. The summed E-state index contributed by atoms with van der Waals surface area (Å²) in [6.45, 7) is 3.27. The van der Waals surface area contributed by atoms with E-state index in [1.807, 2.05) is 30.3 Å². The summed E-state index contributed by atoms with van der Waals surface area (Å²) < 4.78 is 10.4. The molecule has 3 nitrogen and oxygen atoms in total. The second-order valence-electron chi connectivity index (χ2n) is 2.91. The molecule has 0 heterocycles. The molecule has 1 aromatic carbocycles. The predicted octanol–water partition coefficient (Wildman–Crippen LogP) is 1.33. The zero-order valence-electron chi connectivity index (χ0n) is 8.27. The van der Waals surface area contributed by atoms with Crippen molar-refractivity contribution in [1.29, 1.82) is 0 Å². The summed E-state index contributed by atoms with van der Waals surface area (Å²) in [6, 6.07) is 9.97. The van der Waals surface area contributed by atoms with Gasteiger partial charge in [-0.2, -0.15) is 0 Å². The fourth-order valence-corrected chi connectivity index (χ4v) is 1.39. The van der Waals surface area contributed by atoms with Gasteiger partial charge in [-0.05, 0) is 12.1 Å². The van der Waals surface area contributed by atoms with E-state index in [-0.39, 0.29) is 0 Å². The van der Waals surface area contributed by atoms with Crippen LogP contribution in [0.4, 0.5) is 0 Å². The van der Waals surface area contributed by atoms with Gasteiger partial charge >= 0.3 is 9.28 Å². The van der Waals surface area contributed by atoms with Crippen molar-refractivity contribution in [3.8, 4) is 0 Å². The molecule has 1 radical (unpaired) electrons. The molecular formula is C10H15O3Si. The maximum Gasteiger partial charge on any atom is 0.378 e. The Morgan fingerprint density at radius 3 is 2.57 bits per heavy atom. The van der Waals surface area contributed by atoms with E-state index in [1.54, 1.807) is 6.55 Å². The molecule has 0 aliphatic rings. The second kappa shape index (κ2) is 6.72. The van der Waals surface area contributed by atoms with E-state index in [2.05, 4.69) is 0 Å². The monoisotopic (exact) mass is 211 g/mol. The van der Waals surface area contributed by atoms with Gasteiger partial charge in [-0.15, -0.1) is 0 Å². The Morgan fingerprint density at radius 2 is 1.93 bits per heavy atom. The van der Waals surface area contributed by atoms with Crippen molar-refractivity contribution in [2.75, 3.05) is 13.2 Å². The molecule has 0 atom stereocenters. The Kier molecular flexibility index (Phi) is 5.47. The Bertz CT molecular complexity index is 238. The molecule has 0 fully saturated rings. The fourth-order valence-electron chi connectivity index (χ4n) is 1.01. The molecule has 77 valence electrons. The van der Waals surface area contributed by atoms with Crippen molar-refractivity contribution >= 4 is 9.28 Å². The second-order valence-corrected chi connectivity index (χ2v) is 4.23. The van der Waals surface area contributed by atoms with Gasteiger partial charge in [-0.25, -0.2) is 0 Å². The standard InChI is InChI=1S/C10H15O3Si/c1-14(11)13-8-7-12-9-10-5-3-2-4-6-10/h2-6,11H,7-9H2,1H3. The summed E-state index contributed by atoms with van der Waals surface area (Å²) in [5.74, 6) is 0. The van der Waals surface area contributed by atoms with Crippen LogP contribution in [-0.4, -0.2) is 27.3 Å². The van der Waals surface area contributed by atoms with Crippen LogP contribution in [0.2, 0.25) is 6.55 Å². The lowest BCUT2D eigenvalue weighted by atomic mass is 10.2. The molecule has 1 rings (SSSR count). The van der Waals surface area contributed by atoms with Crippen molar-refractivity contribution in [1.82, 2.24) is 0 Å². The van der Waals surface area contributed by atoms with Crippen molar-refractivity contribution in [2.45, 2.75) is 13.2 Å². The van der Waals surface area contributed by atoms with Gasteiger partial charge in [0, 0.05) is 0 Å². The van der Waals surface area contributed by atoms with Crippen LogP contribution in [0.25, 0.3) is 0 Å². The molecule has 0 saturated heterocycles. The van der Waals surface area contributed by atoms with Crippen molar-refractivity contribution in [3.63, 3.8) is 0 Å². The highest BCUT2D eigenvalue weighted by atomic mass is 28.3. The lowest BCUT2D eigenvalue weighted by molar-refractivity contribution is 0.0827. The van der Waals surface area contributed by atoms with Gasteiger partial charge in [0.1, 0.15) is 0 Å². The lowest BCUT2D eigenvalue weighted by Crippen LogP contribution is -2.16. The highest BCUT2D eigenvalue weighted by Gasteiger charge is 1.99. The predicted molar refractivity (Wildman–Crippen MR) is 55.9 cm³/mol. The highest BCUT2D eigenvalue weighted by Crippen LogP contribution is 1.99. The van der Waals surface area contributed by atoms with E-state index >= 15 is 0 Å². The molecule has 1 aromatic rings. The molecule has 0 spiro atoms. The minimum absolute atomic E-state index is 0.466. The van der Waals surface area contributed by atoms with Crippen molar-refractivity contribution in [2.24, 2.45) is 0 Å². The maximum absolute atomic E-state index is 8.89. The average molecular weight is 211 g/mol. The fraction of sp³-hybridized carbons (Fsp3) is 0.400. The number of hydrogen-bond acceptors (Lipinski definition) is 3. The Hall–Kier alpha value is -0.683. The first-order valence-corrected chi connectivity index (χ1v) is 6.41. The molecule has 0 saturated carbocycles. The van der Waals surface area contributed by atoms with Crippen LogP contribution in [0.1, 0.15) is 5.56 Å². The van der Waals surface area contributed by atoms with E-state index in [0.717, 1.165) is 5.56 Å². The summed E-state index contributed by atoms with van der Waals surface area (Å²) in [7, 11) is -1.56. The molecule has 14 heavy (non-hydrogen) atoms. The van der Waals surface area contributed by atoms with Gasteiger partial charge in [0.15, 0.2) is 0 Å². The van der Waals surface area contributed by atoms with E-state index in [9.17, 15) is 0 Å². The Balaban J connectivity index is 2.05. The zero-order chi connectivity index (χ0) is 10.2. The third-order valence-electron chi connectivity index (χ3n) is 1.65. The van der Waals surface area contributed by atoms with Crippen LogP contribution in [0.5, 0.6) is 0 Å². The number of hydrogen-bond donors (Lipinski definition) is 1. The zero-order valence-corrected chi connectivity index (χ0v) is 9.27. The van der Waals surface area contributed by atoms with Crippen LogP contribution in [0.3, 0.4) is 0 Å². The smallest absolute Gasteiger partial charge is 0.378 e.